The first-order valence-electron chi connectivity index (χ1n) is 5.60. The number of pyridine rings is 1. The van der Waals surface area contributed by atoms with Gasteiger partial charge in [-0.25, -0.2) is 0 Å². The molecule has 1 aliphatic rings. The number of hydrogen-bond acceptors (Lipinski definition) is 2. The van der Waals surface area contributed by atoms with E-state index < -0.39 is 0 Å². The van der Waals surface area contributed by atoms with E-state index in [1.54, 1.807) is 6.07 Å². The van der Waals surface area contributed by atoms with Crippen molar-refractivity contribution in [3.63, 3.8) is 0 Å². The standard InChI is InChI=1S/C12H16N2OS/c1-8(12(13)16)7-14-10-4-2-3-9(10)5-6-11(14)15/h5-6,8H,2-4,7H2,1H3,(H2,13,16). The molecule has 4 heteroatoms. The molecule has 1 unspecified atom stereocenters. The fourth-order valence-electron chi connectivity index (χ4n) is 2.20. The zero-order valence-corrected chi connectivity index (χ0v) is 10.2. The summed E-state index contributed by atoms with van der Waals surface area (Å²) in [4.78, 5) is 12.3. The lowest BCUT2D eigenvalue weighted by molar-refractivity contribution is 0.561. The third-order valence-electron chi connectivity index (χ3n) is 3.19. The lowest BCUT2D eigenvalue weighted by Gasteiger charge is -2.15. The van der Waals surface area contributed by atoms with Gasteiger partial charge in [0.25, 0.3) is 5.56 Å². The maximum absolute atomic E-state index is 11.8. The first-order valence-corrected chi connectivity index (χ1v) is 6.01. The van der Waals surface area contributed by atoms with Crippen LogP contribution in [0.2, 0.25) is 0 Å². The Morgan fingerprint density at radius 1 is 1.56 bits per heavy atom. The SMILES string of the molecule is CC(Cn1c2c(ccc1=O)CCC2)C(N)=S. The number of thiocarbonyl (C=S) groups is 1. The van der Waals surface area contributed by atoms with Gasteiger partial charge in [-0.15, -0.1) is 0 Å². The highest BCUT2D eigenvalue weighted by Crippen LogP contribution is 2.20. The Bertz CT molecular complexity index is 478. The van der Waals surface area contributed by atoms with Gasteiger partial charge in [-0.2, -0.15) is 0 Å². The zero-order valence-electron chi connectivity index (χ0n) is 9.40. The van der Waals surface area contributed by atoms with E-state index >= 15 is 0 Å². The van der Waals surface area contributed by atoms with Crippen LogP contribution in [0.15, 0.2) is 16.9 Å². The molecule has 1 atom stereocenters. The van der Waals surface area contributed by atoms with E-state index in [4.69, 9.17) is 18.0 Å². The van der Waals surface area contributed by atoms with E-state index in [1.807, 2.05) is 17.6 Å². The Hall–Kier alpha value is -1.16. The summed E-state index contributed by atoms with van der Waals surface area (Å²) < 4.78 is 1.84. The van der Waals surface area contributed by atoms with Crippen LogP contribution >= 0.6 is 12.2 Å². The van der Waals surface area contributed by atoms with Gasteiger partial charge in [0.1, 0.15) is 0 Å². The highest BCUT2D eigenvalue weighted by molar-refractivity contribution is 7.80. The summed E-state index contributed by atoms with van der Waals surface area (Å²) in [6.45, 7) is 2.57. The summed E-state index contributed by atoms with van der Waals surface area (Å²) in [5.74, 6) is 0.0693. The van der Waals surface area contributed by atoms with Crippen LogP contribution in [0, 0.1) is 5.92 Å². The number of aromatic nitrogens is 1. The monoisotopic (exact) mass is 236 g/mol. The molecule has 0 saturated carbocycles. The van der Waals surface area contributed by atoms with Gasteiger partial charge in [-0.1, -0.05) is 25.2 Å². The second-order valence-electron chi connectivity index (χ2n) is 4.41. The van der Waals surface area contributed by atoms with Gasteiger partial charge in [-0.05, 0) is 24.8 Å². The second kappa shape index (κ2) is 4.37. The van der Waals surface area contributed by atoms with Crippen LogP contribution in [-0.4, -0.2) is 9.56 Å². The van der Waals surface area contributed by atoms with Crippen LogP contribution in [0.4, 0.5) is 0 Å². The Labute approximate surface area is 100 Å². The number of fused-ring (bicyclic) bond motifs is 1. The van der Waals surface area contributed by atoms with Crippen molar-refractivity contribution in [1.29, 1.82) is 0 Å². The predicted octanol–water partition coefficient (Wildman–Crippen LogP) is 1.26. The quantitative estimate of drug-likeness (QED) is 0.804. The van der Waals surface area contributed by atoms with Gasteiger partial charge < -0.3 is 10.3 Å². The van der Waals surface area contributed by atoms with Crippen LogP contribution in [0.1, 0.15) is 24.6 Å². The van der Waals surface area contributed by atoms with Crippen LogP contribution in [0.3, 0.4) is 0 Å². The molecule has 1 aromatic heterocycles. The summed E-state index contributed by atoms with van der Waals surface area (Å²) in [6.07, 6.45) is 3.22. The number of nitrogens with two attached hydrogens (primary N) is 1. The first-order chi connectivity index (χ1) is 7.59. The summed E-state index contributed by atoms with van der Waals surface area (Å²) in [6, 6.07) is 3.60. The average Bonchev–Trinajstić information content (AvgIpc) is 2.70. The maximum atomic E-state index is 11.8. The molecule has 1 heterocycles. The van der Waals surface area contributed by atoms with Crippen molar-refractivity contribution in [2.75, 3.05) is 0 Å². The average molecular weight is 236 g/mol. The molecule has 0 aromatic carbocycles. The fraction of sp³-hybridized carbons (Fsp3) is 0.500. The van der Waals surface area contributed by atoms with E-state index in [2.05, 4.69) is 0 Å². The van der Waals surface area contributed by atoms with E-state index in [-0.39, 0.29) is 11.5 Å². The number of rotatable bonds is 3. The Morgan fingerprint density at radius 2 is 2.31 bits per heavy atom. The molecule has 2 N–H and O–H groups in total. The fourth-order valence-corrected chi connectivity index (χ4v) is 2.27. The molecule has 0 radical (unpaired) electrons. The van der Waals surface area contributed by atoms with Gasteiger partial charge in [0.05, 0.1) is 4.99 Å². The molecular weight excluding hydrogens is 220 g/mol. The number of hydrogen-bond donors (Lipinski definition) is 1. The van der Waals surface area contributed by atoms with Crippen molar-refractivity contribution < 1.29 is 0 Å². The molecular formula is C12H16N2OS. The minimum Gasteiger partial charge on any atom is -0.393 e. The first kappa shape index (κ1) is 11.3. The van der Waals surface area contributed by atoms with Crippen molar-refractivity contribution >= 4 is 17.2 Å². The highest BCUT2D eigenvalue weighted by Gasteiger charge is 2.17. The minimum absolute atomic E-state index is 0.0590. The molecule has 0 saturated heterocycles. The van der Waals surface area contributed by atoms with Gasteiger partial charge in [0.2, 0.25) is 0 Å². The largest absolute Gasteiger partial charge is 0.393 e. The van der Waals surface area contributed by atoms with E-state index in [9.17, 15) is 4.79 Å². The van der Waals surface area contributed by atoms with Gasteiger partial charge in [0, 0.05) is 24.2 Å². The van der Waals surface area contributed by atoms with Gasteiger partial charge >= 0.3 is 0 Å². The summed E-state index contributed by atoms with van der Waals surface area (Å²) in [7, 11) is 0. The lowest BCUT2D eigenvalue weighted by atomic mass is 10.1. The highest BCUT2D eigenvalue weighted by atomic mass is 32.1. The van der Waals surface area contributed by atoms with E-state index in [0.29, 0.717) is 11.5 Å². The van der Waals surface area contributed by atoms with Crippen LogP contribution in [0.25, 0.3) is 0 Å². The Kier molecular flexibility index (Phi) is 3.10. The molecule has 16 heavy (non-hydrogen) atoms. The lowest BCUT2D eigenvalue weighted by Crippen LogP contribution is -2.30. The van der Waals surface area contributed by atoms with Crippen LogP contribution in [0.5, 0.6) is 0 Å². The third-order valence-corrected chi connectivity index (χ3v) is 3.59. The summed E-state index contributed by atoms with van der Waals surface area (Å²) >= 11 is 4.95. The predicted molar refractivity (Wildman–Crippen MR) is 68.7 cm³/mol. The topological polar surface area (TPSA) is 48.0 Å². The summed E-state index contributed by atoms with van der Waals surface area (Å²) in [5.41, 5.74) is 8.13. The molecule has 0 amide bonds. The molecule has 1 aliphatic carbocycles. The number of aryl methyl sites for hydroxylation is 1. The smallest absolute Gasteiger partial charge is 0.250 e. The summed E-state index contributed by atoms with van der Waals surface area (Å²) in [5, 5.41) is 0. The molecule has 2 rings (SSSR count). The maximum Gasteiger partial charge on any atom is 0.250 e. The zero-order chi connectivity index (χ0) is 11.7. The van der Waals surface area contributed by atoms with E-state index in [1.165, 1.54) is 11.3 Å². The van der Waals surface area contributed by atoms with Gasteiger partial charge in [-0.3, -0.25) is 4.79 Å². The van der Waals surface area contributed by atoms with Crippen molar-refractivity contribution in [1.82, 2.24) is 4.57 Å². The Morgan fingerprint density at radius 3 is 3.00 bits per heavy atom. The molecule has 86 valence electrons. The third kappa shape index (κ3) is 2.02. The number of nitrogens with zero attached hydrogens (tertiary/aromatic N) is 1. The minimum atomic E-state index is 0.0590. The molecule has 1 aromatic rings. The Balaban J connectivity index is 2.37. The normalized spacial score (nSPS) is 15.8. The van der Waals surface area contributed by atoms with Crippen LogP contribution in [-0.2, 0) is 19.4 Å². The van der Waals surface area contributed by atoms with Crippen molar-refractivity contribution in [3.05, 3.63) is 33.7 Å². The molecule has 0 aliphatic heterocycles. The van der Waals surface area contributed by atoms with Crippen molar-refractivity contribution in [2.24, 2.45) is 11.7 Å². The van der Waals surface area contributed by atoms with E-state index in [0.717, 1.165) is 19.3 Å². The van der Waals surface area contributed by atoms with Crippen molar-refractivity contribution in [3.8, 4) is 0 Å². The molecule has 3 nitrogen and oxygen atoms in total. The van der Waals surface area contributed by atoms with Gasteiger partial charge in [0.15, 0.2) is 0 Å². The molecule has 0 fully saturated rings. The van der Waals surface area contributed by atoms with Crippen LogP contribution < -0.4 is 11.3 Å². The second-order valence-corrected chi connectivity index (χ2v) is 4.88. The molecule has 0 bridgehead atoms. The van der Waals surface area contributed by atoms with Crippen molar-refractivity contribution in [2.45, 2.75) is 32.7 Å². The molecule has 0 spiro atoms.